The minimum absolute atomic E-state index is 0.288. The van der Waals surface area contributed by atoms with Crippen molar-refractivity contribution in [3.8, 4) is 11.8 Å². The minimum Gasteiger partial charge on any atom is -0.490 e. The summed E-state index contributed by atoms with van der Waals surface area (Å²) in [5, 5.41) is 8.82. The van der Waals surface area contributed by atoms with Crippen LogP contribution in [0.25, 0.3) is 0 Å². The average molecular weight is 306 g/mol. The number of hydrogen-bond acceptors (Lipinski definition) is 3. The van der Waals surface area contributed by atoms with E-state index in [1.807, 2.05) is 24.3 Å². The molecule has 0 spiro atoms. The molecule has 0 atom stereocenters. The van der Waals surface area contributed by atoms with Gasteiger partial charge in [0.1, 0.15) is 11.9 Å². The maximum Gasteiger partial charge on any atom is 0.119 e. The number of hydrogen-bond donors (Lipinski definition) is 0. The standard InChI is InChI=1S/C20H22N2O/c21-16-18-6-8-19(9-7-18)23-20-11-14-22(15-12-20)13-10-17-4-2-1-3-5-17/h1-9,20H,10-15H2. The van der Waals surface area contributed by atoms with Gasteiger partial charge in [-0.25, -0.2) is 0 Å². The molecule has 0 bridgehead atoms. The number of nitriles is 1. The molecule has 1 heterocycles. The quantitative estimate of drug-likeness (QED) is 0.846. The Morgan fingerprint density at radius 2 is 1.70 bits per heavy atom. The number of piperidine rings is 1. The van der Waals surface area contributed by atoms with E-state index in [4.69, 9.17) is 10.00 Å². The molecule has 0 aromatic heterocycles. The first-order valence-electron chi connectivity index (χ1n) is 8.26. The van der Waals surface area contributed by atoms with Gasteiger partial charge in [-0.2, -0.15) is 5.26 Å². The van der Waals surface area contributed by atoms with E-state index < -0.39 is 0 Å². The molecular weight excluding hydrogens is 284 g/mol. The van der Waals surface area contributed by atoms with Gasteiger partial charge in [0, 0.05) is 19.6 Å². The lowest BCUT2D eigenvalue weighted by atomic mass is 10.1. The second kappa shape index (κ2) is 7.80. The third-order valence-electron chi connectivity index (χ3n) is 4.38. The monoisotopic (exact) mass is 306 g/mol. The largest absolute Gasteiger partial charge is 0.490 e. The van der Waals surface area contributed by atoms with Gasteiger partial charge in [-0.05, 0) is 49.1 Å². The lowest BCUT2D eigenvalue weighted by molar-refractivity contribution is 0.101. The molecule has 1 aliphatic heterocycles. The van der Waals surface area contributed by atoms with Crippen molar-refractivity contribution in [1.82, 2.24) is 4.90 Å². The summed E-state index contributed by atoms with van der Waals surface area (Å²) in [4.78, 5) is 2.52. The molecule has 3 rings (SSSR count). The third kappa shape index (κ3) is 4.58. The zero-order valence-electron chi connectivity index (χ0n) is 13.3. The molecule has 0 aliphatic carbocycles. The second-order valence-corrected chi connectivity index (χ2v) is 6.03. The van der Waals surface area contributed by atoms with Crippen LogP contribution in [0.1, 0.15) is 24.0 Å². The van der Waals surface area contributed by atoms with Crippen LogP contribution in [0.3, 0.4) is 0 Å². The zero-order chi connectivity index (χ0) is 15.9. The average Bonchev–Trinajstić information content (AvgIpc) is 2.63. The summed E-state index contributed by atoms with van der Waals surface area (Å²) in [5.41, 5.74) is 2.08. The van der Waals surface area contributed by atoms with Crippen LogP contribution < -0.4 is 4.74 Å². The van der Waals surface area contributed by atoms with Crippen molar-refractivity contribution in [3.63, 3.8) is 0 Å². The van der Waals surface area contributed by atoms with Gasteiger partial charge >= 0.3 is 0 Å². The van der Waals surface area contributed by atoms with E-state index in [1.165, 1.54) is 5.56 Å². The summed E-state index contributed by atoms with van der Waals surface area (Å²) in [6.07, 6.45) is 3.53. The summed E-state index contributed by atoms with van der Waals surface area (Å²) >= 11 is 0. The highest BCUT2D eigenvalue weighted by Gasteiger charge is 2.20. The van der Waals surface area contributed by atoms with Crippen LogP contribution in [0.2, 0.25) is 0 Å². The van der Waals surface area contributed by atoms with Crippen molar-refractivity contribution < 1.29 is 4.74 Å². The van der Waals surface area contributed by atoms with Gasteiger partial charge in [0.2, 0.25) is 0 Å². The van der Waals surface area contributed by atoms with Gasteiger partial charge in [0.25, 0.3) is 0 Å². The van der Waals surface area contributed by atoms with E-state index in [0.29, 0.717) is 5.56 Å². The van der Waals surface area contributed by atoms with Crippen molar-refractivity contribution in [1.29, 1.82) is 5.26 Å². The molecule has 1 saturated heterocycles. The summed E-state index contributed by atoms with van der Waals surface area (Å²) in [6, 6.07) is 20.2. The Morgan fingerprint density at radius 3 is 2.35 bits per heavy atom. The van der Waals surface area contributed by atoms with Crippen LogP contribution in [0.15, 0.2) is 54.6 Å². The molecule has 1 fully saturated rings. The van der Waals surface area contributed by atoms with E-state index >= 15 is 0 Å². The highest BCUT2D eigenvalue weighted by atomic mass is 16.5. The van der Waals surface area contributed by atoms with E-state index in [1.54, 1.807) is 0 Å². The second-order valence-electron chi connectivity index (χ2n) is 6.03. The highest BCUT2D eigenvalue weighted by Crippen LogP contribution is 2.19. The Hall–Kier alpha value is -2.31. The molecule has 3 heteroatoms. The number of benzene rings is 2. The predicted octanol–water partition coefficient (Wildman–Crippen LogP) is 3.64. The molecule has 2 aromatic rings. The maximum absolute atomic E-state index is 8.82. The molecule has 0 N–H and O–H groups in total. The van der Waals surface area contributed by atoms with Gasteiger partial charge in [-0.1, -0.05) is 30.3 Å². The number of likely N-dealkylation sites (tertiary alicyclic amines) is 1. The van der Waals surface area contributed by atoms with Crippen molar-refractivity contribution in [2.45, 2.75) is 25.4 Å². The Kier molecular flexibility index (Phi) is 5.29. The molecule has 0 radical (unpaired) electrons. The van der Waals surface area contributed by atoms with E-state index in [2.05, 4.69) is 41.3 Å². The maximum atomic E-state index is 8.82. The Morgan fingerprint density at radius 1 is 1.00 bits per heavy atom. The Labute approximate surface area is 138 Å². The van der Waals surface area contributed by atoms with Crippen LogP contribution in [0.4, 0.5) is 0 Å². The molecule has 2 aromatic carbocycles. The summed E-state index contributed by atoms with van der Waals surface area (Å²) in [7, 11) is 0. The molecule has 0 unspecified atom stereocenters. The minimum atomic E-state index is 0.288. The van der Waals surface area contributed by atoms with Crippen LogP contribution in [0.5, 0.6) is 5.75 Å². The SMILES string of the molecule is N#Cc1ccc(OC2CCN(CCc3ccccc3)CC2)cc1. The fraction of sp³-hybridized carbons (Fsp3) is 0.350. The third-order valence-corrected chi connectivity index (χ3v) is 4.38. The molecule has 1 aliphatic rings. The first-order valence-corrected chi connectivity index (χ1v) is 8.26. The number of rotatable bonds is 5. The lowest BCUT2D eigenvalue weighted by Crippen LogP contribution is -2.39. The van der Waals surface area contributed by atoms with Crippen LogP contribution in [0, 0.1) is 11.3 Å². The van der Waals surface area contributed by atoms with Crippen LogP contribution in [-0.2, 0) is 6.42 Å². The molecule has 3 nitrogen and oxygen atoms in total. The normalized spacial score (nSPS) is 16.0. The van der Waals surface area contributed by atoms with Gasteiger partial charge < -0.3 is 9.64 Å². The van der Waals surface area contributed by atoms with Crippen molar-refractivity contribution in [2.24, 2.45) is 0 Å². The predicted molar refractivity (Wildman–Crippen MR) is 91.4 cm³/mol. The molecular formula is C20H22N2O. The fourth-order valence-corrected chi connectivity index (χ4v) is 2.98. The van der Waals surface area contributed by atoms with E-state index in [0.717, 1.165) is 44.6 Å². The summed E-state index contributed by atoms with van der Waals surface area (Å²) in [5.74, 6) is 0.867. The lowest BCUT2D eigenvalue weighted by Gasteiger charge is -2.32. The molecule has 23 heavy (non-hydrogen) atoms. The molecule has 0 amide bonds. The highest BCUT2D eigenvalue weighted by molar-refractivity contribution is 5.34. The number of ether oxygens (including phenoxy) is 1. The molecule has 0 saturated carbocycles. The Balaban J connectivity index is 1.42. The summed E-state index contributed by atoms with van der Waals surface area (Å²) < 4.78 is 6.03. The van der Waals surface area contributed by atoms with Gasteiger partial charge in [-0.3, -0.25) is 0 Å². The van der Waals surface area contributed by atoms with Crippen molar-refractivity contribution >= 4 is 0 Å². The van der Waals surface area contributed by atoms with Gasteiger partial charge in [-0.15, -0.1) is 0 Å². The topological polar surface area (TPSA) is 36.3 Å². The van der Waals surface area contributed by atoms with E-state index in [9.17, 15) is 0 Å². The Bertz CT molecular complexity index is 638. The first-order chi connectivity index (χ1) is 11.3. The first kappa shape index (κ1) is 15.6. The zero-order valence-corrected chi connectivity index (χ0v) is 13.3. The van der Waals surface area contributed by atoms with E-state index in [-0.39, 0.29) is 6.10 Å². The van der Waals surface area contributed by atoms with Crippen molar-refractivity contribution in [2.75, 3.05) is 19.6 Å². The summed E-state index contributed by atoms with van der Waals surface area (Å²) in [6.45, 7) is 3.30. The van der Waals surface area contributed by atoms with Crippen LogP contribution >= 0.6 is 0 Å². The molecule has 118 valence electrons. The van der Waals surface area contributed by atoms with Crippen LogP contribution in [-0.4, -0.2) is 30.6 Å². The van der Waals surface area contributed by atoms with Gasteiger partial charge in [0.05, 0.1) is 11.6 Å². The van der Waals surface area contributed by atoms with Gasteiger partial charge in [0.15, 0.2) is 0 Å². The smallest absolute Gasteiger partial charge is 0.119 e. The van der Waals surface area contributed by atoms with Crippen molar-refractivity contribution in [3.05, 3.63) is 65.7 Å². The number of nitrogens with zero attached hydrogens (tertiary/aromatic N) is 2. The fourth-order valence-electron chi connectivity index (χ4n) is 2.98.